The van der Waals surface area contributed by atoms with Gasteiger partial charge >= 0.3 is 0 Å². The number of hydrogen-bond donors (Lipinski definition) is 0. The number of benzene rings is 2. The molecular formula is C13H9ClFNO3. The molecule has 0 aliphatic carbocycles. The third-order valence-corrected chi connectivity index (χ3v) is 2.90. The van der Waals surface area contributed by atoms with E-state index in [0.717, 1.165) is 11.6 Å². The average Bonchev–Trinajstić information content (AvgIpc) is 2.36. The standard InChI is InChI=1S/C13H9ClFNO3/c1-8-2-4-10(7-11(8)14)19-13-5-3-9(16(17)18)6-12(13)15/h2-7H,1H3. The summed E-state index contributed by atoms with van der Waals surface area (Å²) in [4.78, 5) is 9.81. The van der Waals surface area contributed by atoms with E-state index in [4.69, 9.17) is 16.3 Å². The molecule has 6 heteroatoms. The van der Waals surface area contributed by atoms with E-state index in [1.54, 1.807) is 18.2 Å². The molecule has 0 unspecified atom stereocenters. The molecule has 0 aromatic heterocycles. The van der Waals surface area contributed by atoms with Gasteiger partial charge in [-0.05, 0) is 30.7 Å². The van der Waals surface area contributed by atoms with Crippen LogP contribution in [0.25, 0.3) is 0 Å². The van der Waals surface area contributed by atoms with Crippen LogP contribution in [0, 0.1) is 22.9 Å². The van der Waals surface area contributed by atoms with Gasteiger partial charge in [0, 0.05) is 11.1 Å². The second-order valence-electron chi connectivity index (χ2n) is 3.88. The molecule has 0 N–H and O–H groups in total. The van der Waals surface area contributed by atoms with Gasteiger partial charge in [0.05, 0.1) is 11.0 Å². The van der Waals surface area contributed by atoms with Gasteiger partial charge in [0.25, 0.3) is 5.69 Å². The second-order valence-corrected chi connectivity index (χ2v) is 4.29. The fraction of sp³-hybridized carbons (Fsp3) is 0.0769. The van der Waals surface area contributed by atoms with Gasteiger partial charge in [-0.25, -0.2) is 4.39 Å². The van der Waals surface area contributed by atoms with E-state index in [1.807, 2.05) is 6.92 Å². The normalized spacial score (nSPS) is 10.3. The van der Waals surface area contributed by atoms with Crippen molar-refractivity contribution in [2.45, 2.75) is 6.92 Å². The molecule has 0 saturated heterocycles. The maximum atomic E-state index is 13.6. The molecule has 2 aromatic rings. The number of aryl methyl sites for hydroxylation is 1. The van der Waals surface area contributed by atoms with Crippen LogP contribution < -0.4 is 4.74 Å². The highest BCUT2D eigenvalue weighted by atomic mass is 35.5. The first kappa shape index (κ1) is 13.3. The van der Waals surface area contributed by atoms with Gasteiger partial charge in [0.1, 0.15) is 5.75 Å². The summed E-state index contributed by atoms with van der Waals surface area (Å²) in [6.45, 7) is 1.83. The highest BCUT2D eigenvalue weighted by Crippen LogP contribution is 2.29. The average molecular weight is 282 g/mol. The summed E-state index contributed by atoms with van der Waals surface area (Å²) in [6.07, 6.45) is 0. The fourth-order valence-corrected chi connectivity index (χ4v) is 1.62. The van der Waals surface area contributed by atoms with Crippen molar-refractivity contribution in [2.75, 3.05) is 0 Å². The van der Waals surface area contributed by atoms with Crippen molar-refractivity contribution in [3.8, 4) is 11.5 Å². The molecule has 0 fully saturated rings. The maximum Gasteiger partial charge on any atom is 0.272 e. The van der Waals surface area contributed by atoms with Crippen molar-refractivity contribution in [3.05, 3.63) is 62.9 Å². The van der Waals surface area contributed by atoms with Crippen LogP contribution >= 0.6 is 11.6 Å². The largest absolute Gasteiger partial charge is 0.454 e. The predicted molar refractivity (Wildman–Crippen MR) is 69.3 cm³/mol. The second kappa shape index (κ2) is 5.24. The number of nitro benzene ring substituents is 1. The molecule has 19 heavy (non-hydrogen) atoms. The number of nitro groups is 1. The summed E-state index contributed by atoms with van der Waals surface area (Å²) in [5.41, 5.74) is 0.546. The van der Waals surface area contributed by atoms with Gasteiger partial charge < -0.3 is 4.74 Å². The SMILES string of the molecule is Cc1ccc(Oc2ccc([N+](=O)[O-])cc2F)cc1Cl. The maximum absolute atomic E-state index is 13.6. The Morgan fingerprint density at radius 2 is 2.00 bits per heavy atom. The lowest BCUT2D eigenvalue weighted by molar-refractivity contribution is -0.385. The van der Waals surface area contributed by atoms with E-state index >= 15 is 0 Å². The molecule has 0 aliphatic heterocycles. The monoisotopic (exact) mass is 281 g/mol. The van der Waals surface area contributed by atoms with Crippen LogP contribution in [0.5, 0.6) is 11.5 Å². The molecule has 98 valence electrons. The molecule has 0 bridgehead atoms. The number of rotatable bonds is 3. The molecule has 0 atom stereocenters. The van der Waals surface area contributed by atoms with Crippen molar-refractivity contribution in [3.63, 3.8) is 0 Å². The van der Waals surface area contributed by atoms with E-state index < -0.39 is 10.7 Å². The van der Waals surface area contributed by atoms with Crippen LogP contribution in [-0.4, -0.2) is 4.92 Å². The predicted octanol–water partition coefficient (Wildman–Crippen LogP) is 4.49. The molecule has 0 radical (unpaired) electrons. The van der Waals surface area contributed by atoms with Crippen molar-refractivity contribution in [1.29, 1.82) is 0 Å². The molecule has 2 aromatic carbocycles. The Kier molecular flexibility index (Phi) is 3.66. The van der Waals surface area contributed by atoms with Gasteiger partial charge in [-0.1, -0.05) is 17.7 Å². The summed E-state index contributed by atoms with van der Waals surface area (Å²) in [5, 5.41) is 11.0. The van der Waals surface area contributed by atoms with Crippen molar-refractivity contribution in [2.24, 2.45) is 0 Å². The van der Waals surface area contributed by atoms with E-state index in [1.165, 1.54) is 12.1 Å². The molecule has 0 amide bonds. The first-order valence-corrected chi connectivity index (χ1v) is 5.73. The van der Waals surface area contributed by atoms with E-state index in [-0.39, 0.29) is 11.4 Å². The zero-order chi connectivity index (χ0) is 14.0. The van der Waals surface area contributed by atoms with Crippen LogP contribution in [0.4, 0.5) is 10.1 Å². The van der Waals surface area contributed by atoms with Crippen LogP contribution in [-0.2, 0) is 0 Å². The number of ether oxygens (including phenoxy) is 1. The minimum Gasteiger partial charge on any atom is -0.454 e. The molecule has 0 saturated carbocycles. The lowest BCUT2D eigenvalue weighted by Gasteiger charge is -2.07. The fourth-order valence-electron chi connectivity index (χ4n) is 1.45. The van der Waals surface area contributed by atoms with Crippen LogP contribution in [0.3, 0.4) is 0 Å². The third-order valence-electron chi connectivity index (χ3n) is 2.50. The topological polar surface area (TPSA) is 52.4 Å². The molecule has 4 nitrogen and oxygen atoms in total. The number of non-ortho nitro benzene ring substituents is 1. The van der Waals surface area contributed by atoms with Crippen LogP contribution in [0.15, 0.2) is 36.4 Å². The lowest BCUT2D eigenvalue weighted by atomic mass is 10.2. The van der Waals surface area contributed by atoms with E-state index in [0.29, 0.717) is 10.8 Å². The van der Waals surface area contributed by atoms with Crippen molar-refractivity contribution in [1.82, 2.24) is 0 Å². The van der Waals surface area contributed by atoms with Crippen molar-refractivity contribution >= 4 is 17.3 Å². The molecular weight excluding hydrogens is 273 g/mol. The van der Waals surface area contributed by atoms with Gasteiger partial charge in [0.15, 0.2) is 11.6 Å². The Morgan fingerprint density at radius 3 is 2.58 bits per heavy atom. The third kappa shape index (κ3) is 3.00. The lowest BCUT2D eigenvalue weighted by Crippen LogP contribution is -1.92. The summed E-state index contributed by atoms with van der Waals surface area (Å²) < 4.78 is 18.9. The minimum absolute atomic E-state index is 0.0921. The highest BCUT2D eigenvalue weighted by Gasteiger charge is 2.12. The molecule has 0 aliphatic rings. The van der Waals surface area contributed by atoms with Gasteiger partial charge in [-0.15, -0.1) is 0 Å². The summed E-state index contributed by atoms with van der Waals surface area (Å²) in [5.74, 6) is -0.528. The van der Waals surface area contributed by atoms with Gasteiger partial charge in [-0.3, -0.25) is 10.1 Å². The first-order chi connectivity index (χ1) is 8.97. The number of nitrogens with zero attached hydrogens (tertiary/aromatic N) is 1. The minimum atomic E-state index is -0.800. The Morgan fingerprint density at radius 1 is 1.26 bits per heavy atom. The zero-order valence-electron chi connectivity index (χ0n) is 9.89. The van der Waals surface area contributed by atoms with Crippen LogP contribution in [0.2, 0.25) is 5.02 Å². The zero-order valence-corrected chi connectivity index (χ0v) is 10.6. The molecule has 2 rings (SSSR count). The van der Waals surface area contributed by atoms with E-state index in [9.17, 15) is 14.5 Å². The van der Waals surface area contributed by atoms with Crippen molar-refractivity contribution < 1.29 is 14.1 Å². The van der Waals surface area contributed by atoms with Crippen LogP contribution in [0.1, 0.15) is 5.56 Å². The highest BCUT2D eigenvalue weighted by molar-refractivity contribution is 6.31. The Bertz CT molecular complexity index is 646. The summed E-state index contributed by atoms with van der Waals surface area (Å²) >= 11 is 5.92. The van der Waals surface area contributed by atoms with E-state index in [2.05, 4.69) is 0 Å². The quantitative estimate of drug-likeness (QED) is 0.615. The Hall–Kier alpha value is -2.14. The number of halogens is 2. The van der Waals surface area contributed by atoms with Gasteiger partial charge in [0.2, 0.25) is 0 Å². The Labute approximate surface area is 113 Å². The molecule has 0 heterocycles. The summed E-state index contributed by atoms with van der Waals surface area (Å²) in [6, 6.07) is 8.13. The summed E-state index contributed by atoms with van der Waals surface area (Å²) in [7, 11) is 0. The number of hydrogen-bond acceptors (Lipinski definition) is 3. The first-order valence-electron chi connectivity index (χ1n) is 5.35. The Balaban J connectivity index is 2.28. The molecule has 0 spiro atoms. The van der Waals surface area contributed by atoms with Gasteiger partial charge in [-0.2, -0.15) is 0 Å². The smallest absolute Gasteiger partial charge is 0.272 e.